The first kappa shape index (κ1) is 24.3. The van der Waals surface area contributed by atoms with Crippen molar-refractivity contribution in [2.75, 3.05) is 38.8 Å². The van der Waals surface area contributed by atoms with Gasteiger partial charge in [-0.15, -0.1) is 0 Å². The topological polar surface area (TPSA) is 111 Å². The van der Waals surface area contributed by atoms with Gasteiger partial charge in [-0.1, -0.05) is 30.3 Å². The Morgan fingerprint density at radius 1 is 1.06 bits per heavy atom. The van der Waals surface area contributed by atoms with Crippen LogP contribution in [0.25, 0.3) is 0 Å². The van der Waals surface area contributed by atoms with Crippen LogP contribution in [0.2, 0.25) is 0 Å². The van der Waals surface area contributed by atoms with Crippen molar-refractivity contribution in [3.8, 4) is 11.5 Å². The number of carbonyl (C=O) groups is 1. The number of anilines is 1. The molecule has 0 aliphatic carbocycles. The van der Waals surface area contributed by atoms with Crippen LogP contribution in [0.3, 0.4) is 0 Å². The summed E-state index contributed by atoms with van der Waals surface area (Å²) in [7, 11) is 3.12. The fourth-order valence-corrected chi connectivity index (χ4v) is 3.92. The first-order chi connectivity index (χ1) is 16.0. The van der Waals surface area contributed by atoms with Gasteiger partial charge in [0, 0.05) is 18.4 Å². The standard InChI is InChI=1S/C25H33N5O3/c1-32-20-9-10-21(22(16-20)33-2)30(23(26)11-8-18-6-4-3-5-7-18)24(27)17-29-25(31)19-12-14-28-15-13-19/h3-7,9-10,16,19,26-28H,8,11-15,17H2,1-2H3,(H,29,31). The largest absolute Gasteiger partial charge is 0.497 e. The molecule has 0 aromatic heterocycles. The Morgan fingerprint density at radius 3 is 2.45 bits per heavy atom. The summed E-state index contributed by atoms with van der Waals surface area (Å²) in [4.78, 5) is 14.1. The molecule has 1 aliphatic rings. The molecule has 1 aliphatic heterocycles. The summed E-state index contributed by atoms with van der Waals surface area (Å²) in [6.07, 6.45) is 2.69. The number of ether oxygens (including phenoxy) is 2. The summed E-state index contributed by atoms with van der Waals surface area (Å²) in [6, 6.07) is 15.2. The molecule has 2 aromatic carbocycles. The molecule has 176 valence electrons. The van der Waals surface area contributed by atoms with Crippen molar-refractivity contribution in [2.24, 2.45) is 5.92 Å². The van der Waals surface area contributed by atoms with Crippen molar-refractivity contribution in [1.82, 2.24) is 10.6 Å². The molecular formula is C25H33N5O3. The van der Waals surface area contributed by atoms with E-state index in [1.807, 2.05) is 30.3 Å². The number of benzene rings is 2. The summed E-state index contributed by atoms with van der Waals surface area (Å²) in [6.45, 7) is 1.69. The number of rotatable bonds is 9. The molecule has 1 amide bonds. The Hall–Kier alpha value is -3.39. The Labute approximate surface area is 195 Å². The fraction of sp³-hybridized carbons (Fsp3) is 0.400. The Bertz CT molecular complexity index is 958. The van der Waals surface area contributed by atoms with E-state index in [4.69, 9.17) is 20.3 Å². The molecular weight excluding hydrogens is 418 g/mol. The molecule has 8 heteroatoms. The second-order valence-corrected chi connectivity index (χ2v) is 7.99. The van der Waals surface area contributed by atoms with E-state index < -0.39 is 0 Å². The minimum atomic E-state index is -0.0429. The summed E-state index contributed by atoms with van der Waals surface area (Å²) < 4.78 is 10.8. The van der Waals surface area contributed by atoms with Gasteiger partial charge in [-0.2, -0.15) is 0 Å². The number of aryl methyl sites for hydroxylation is 1. The number of methoxy groups -OCH3 is 2. The van der Waals surface area contributed by atoms with E-state index in [9.17, 15) is 4.79 Å². The number of nitrogens with one attached hydrogen (secondary N) is 4. The molecule has 0 atom stereocenters. The molecule has 1 fully saturated rings. The van der Waals surface area contributed by atoms with Crippen LogP contribution in [0.5, 0.6) is 11.5 Å². The number of nitrogens with zero attached hydrogens (tertiary/aromatic N) is 1. The van der Waals surface area contributed by atoms with Crippen LogP contribution in [0, 0.1) is 16.7 Å². The molecule has 33 heavy (non-hydrogen) atoms. The Morgan fingerprint density at radius 2 is 1.79 bits per heavy atom. The monoisotopic (exact) mass is 451 g/mol. The van der Waals surface area contributed by atoms with Gasteiger partial charge in [0.1, 0.15) is 23.2 Å². The lowest BCUT2D eigenvalue weighted by Crippen LogP contribution is -2.45. The maximum atomic E-state index is 12.6. The van der Waals surface area contributed by atoms with E-state index >= 15 is 0 Å². The van der Waals surface area contributed by atoms with E-state index in [1.165, 1.54) is 0 Å². The molecule has 0 unspecified atom stereocenters. The Kier molecular flexibility index (Phi) is 8.83. The SMILES string of the molecule is COc1ccc(N(C(=N)CCc2ccccc2)C(=N)CNC(=O)C2CCNCC2)c(OC)c1. The van der Waals surface area contributed by atoms with Gasteiger partial charge in [-0.3, -0.25) is 20.5 Å². The van der Waals surface area contributed by atoms with Crippen LogP contribution in [-0.4, -0.2) is 51.4 Å². The Balaban J connectivity index is 1.77. The van der Waals surface area contributed by atoms with Gasteiger partial charge >= 0.3 is 0 Å². The third-order valence-corrected chi connectivity index (χ3v) is 5.80. The average Bonchev–Trinajstić information content (AvgIpc) is 2.87. The summed E-state index contributed by atoms with van der Waals surface area (Å²) >= 11 is 0. The van der Waals surface area contributed by atoms with Crippen molar-refractivity contribution in [3.05, 3.63) is 54.1 Å². The molecule has 1 saturated heterocycles. The zero-order chi connectivity index (χ0) is 23.6. The van der Waals surface area contributed by atoms with Crippen LogP contribution in [0.15, 0.2) is 48.5 Å². The molecule has 0 radical (unpaired) electrons. The number of amides is 1. The first-order valence-corrected chi connectivity index (χ1v) is 11.2. The van der Waals surface area contributed by atoms with Gasteiger partial charge in [-0.05, 0) is 50.0 Å². The lowest BCUT2D eigenvalue weighted by molar-refractivity contribution is -0.125. The minimum absolute atomic E-state index is 0.0334. The van der Waals surface area contributed by atoms with Crippen molar-refractivity contribution in [2.45, 2.75) is 25.7 Å². The number of hydrogen-bond donors (Lipinski definition) is 4. The van der Waals surface area contributed by atoms with Crippen LogP contribution >= 0.6 is 0 Å². The average molecular weight is 452 g/mol. The third-order valence-electron chi connectivity index (χ3n) is 5.80. The number of piperidine rings is 1. The van der Waals surface area contributed by atoms with Crippen LogP contribution in [-0.2, 0) is 11.2 Å². The zero-order valence-electron chi connectivity index (χ0n) is 19.3. The highest BCUT2D eigenvalue weighted by Crippen LogP contribution is 2.33. The smallest absolute Gasteiger partial charge is 0.223 e. The van der Waals surface area contributed by atoms with Crippen molar-refractivity contribution < 1.29 is 14.3 Å². The van der Waals surface area contributed by atoms with Crippen LogP contribution in [0.1, 0.15) is 24.8 Å². The zero-order valence-corrected chi connectivity index (χ0v) is 19.3. The maximum Gasteiger partial charge on any atom is 0.223 e. The van der Waals surface area contributed by atoms with Crippen LogP contribution in [0.4, 0.5) is 5.69 Å². The molecule has 0 spiro atoms. The van der Waals surface area contributed by atoms with Crippen molar-refractivity contribution in [1.29, 1.82) is 10.8 Å². The van der Waals surface area contributed by atoms with Gasteiger partial charge in [-0.25, -0.2) is 0 Å². The van der Waals surface area contributed by atoms with Gasteiger partial charge in [0.15, 0.2) is 0 Å². The highest BCUT2D eigenvalue weighted by Gasteiger charge is 2.24. The lowest BCUT2D eigenvalue weighted by atomic mass is 9.97. The van der Waals surface area contributed by atoms with Gasteiger partial charge in [0.25, 0.3) is 0 Å². The quantitative estimate of drug-likeness (QED) is 0.346. The van der Waals surface area contributed by atoms with Gasteiger partial charge in [0.2, 0.25) is 5.91 Å². The number of amidine groups is 2. The number of carbonyl (C=O) groups excluding carboxylic acids is 1. The van der Waals surface area contributed by atoms with E-state index in [-0.39, 0.29) is 30.0 Å². The molecule has 1 heterocycles. The third kappa shape index (κ3) is 6.55. The fourth-order valence-electron chi connectivity index (χ4n) is 3.92. The molecule has 2 aromatic rings. The second kappa shape index (κ2) is 12.0. The van der Waals surface area contributed by atoms with Gasteiger partial charge < -0.3 is 20.1 Å². The molecule has 3 rings (SSSR count). The van der Waals surface area contributed by atoms with E-state index in [0.29, 0.717) is 30.0 Å². The normalized spacial score (nSPS) is 13.8. The summed E-state index contributed by atoms with van der Waals surface area (Å²) in [5.41, 5.74) is 1.69. The lowest BCUT2D eigenvalue weighted by Gasteiger charge is -2.28. The summed E-state index contributed by atoms with van der Waals surface area (Å²) in [5.74, 6) is 1.40. The second-order valence-electron chi connectivity index (χ2n) is 7.99. The highest BCUT2D eigenvalue weighted by molar-refractivity contribution is 6.18. The molecule has 8 nitrogen and oxygen atoms in total. The van der Waals surface area contributed by atoms with E-state index in [2.05, 4.69) is 10.6 Å². The van der Waals surface area contributed by atoms with Crippen molar-refractivity contribution >= 4 is 23.3 Å². The predicted molar refractivity (Wildman–Crippen MR) is 131 cm³/mol. The number of hydrogen-bond acceptors (Lipinski definition) is 6. The minimum Gasteiger partial charge on any atom is -0.497 e. The molecule has 4 N–H and O–H groups in total. The predicted octanol–water partition coefficient (Wildman–Crippen LogP) is 3.21. The summed E-state index contributed by atoms with van der Waals surface area (Å²) in [5, 5.41) is 23.7. The first-order valence-electron chi connectivity index (χ1n) is 11.2. The highest BCUT2D eigenvalue weighted by atomic mass is 16.5. The van der Waals surface area contributed by atoms with Crippen molar-refractivity contribution in [3.63, 3.8) is 0 Å². The molecule has 0 saturated carbocycles. The van der Waals surface area contributed by atoms with E-state index in [1.54, 1.807) is 37.3 Å². The maximum absolute atomic E-state index is 12.6. The van der Waals surface area contributed by atoms with Gasteiger partial charge in [0.05, 0.1) is 26.5 Å². The van der Waals surface area contributed by atoms with Crippen LogP contribution < -0.4 is 25.0 Å². The molecule has 0 bridgehead atoms. The van der Waals surface area contributed by atoms with E-state index in [0.717, 1.165) is 31.5 Å².